The first-order chi connectivity index (χ1) is 20.7. The first-order valence-corrected chi connectivity index (χ1v) is 14.1. The average Bonchev–Trinajstić information content (AvgIpc) is 3.40. The molecular formula is C34H32F3N3O3. The summed E-state index contributed by atoms with van der Waals surface area (Å²) in [6.45, 7) is 2.86. The first-order valence-electron chi connectivity index (χ1n) is 14.1. The number of ether oxygens (including phenoxy) is 1. The Morgan fingerprint density at radius 2 is 1.63 bits per heavy atom. The van der Waals surface area contributed by atoms with Crippen molar-refractivity contribution in [2.24, 2.45) is 5.73 Å². The zero-order valence-electron chi connectivity index (χ0n) is 23.7. The van der Waals surface area contributed by atoms with E-state index in [1.54, 1.807) is 30.3 Å². The summed E-state index contributed by atoms with van der Waals surface area (Å²) in [7, 11) is 0. The van der Waals surface area contributed by atoms with Crippen LogP contribution in [0.2, 0.25) is 0 Å². The van der Waals surface area contributed by atoms with Gasteiger partial charge in [-0.3, -0.25) is 4.79 Å². The van der Waals surface area contributed by atoms with Gasteiger partial charge in [0.2, 0.25) is 5.89 Å². The molecule has 0 radical (unpaired) electrons. The number of aryl methyl sites for hydroxylation is 1. The minimum Gasteiger partial charge on any atom is -0.459 e. The number of carbonyl (C=O) groups excluding carboxylic acids is 1. The van der Waals surface area contributed by atoms with E-state index in [0.29, 0.717) is 40.2 Å². The highest BCUT2D eigenvalue weighted by Gasteiger charge is 2.23. The van der Waals surface area contributed by atoms with Crippen molar-refractivity contribution in [1.29, 1.82) is 0 Å². The quantitative estimate of drug-likeness (QED) is 0.167. The summed E-state index contributed by atoms with van der Waals surface area (Å²) >= 11 is 0. The molecule has 6 nitrogen and oxygen atoms in total. The van der Waals surface area contributed by atoms with Gasteiger partial charge >= 0.3 is 5.97 Å². The van der Waals surface area contributed by atoms with E-state index in [-0.39, 0.29) is 25.2 Å². The second-order valence-corrected chi connectivity index (χ2v) is 10.5. The fraction of sp³-hybridized carbons (Fsp3) is 0.235. The molecule has 1 heterocycles. The normalized spacial score (nSPS) is 12.8. The zero-order valence-corrected chi connectivity index (χ0v) is 23.7. The molecule has 2 atom stereocenters. The van der Waals surface area contributed by atoms with Gasteiger partial charge in [0.05, 0.1) is 6.42 Å². The Hall–Kier alpha value is -4.47. The third-order valence-corrected chi connectivity index (χ3v) is 7.12. The topological polar surface area (TPSA) is 90.4 Å². The largest absolute Gasteiger partial charge is 0.459 e. The second-order valence-electron chi connectivity index (χ2n) is 10.5. The number of benzene rings is 4. The maximum Gasteiger partial charge on any atom is 0.310 e. The number of fused-ring (bicyclic) bond motifs is 1. The number of halogens is 3. The molecular weight excluding hydrogens is 555 g/mol. The van der Waals surface area contributed by atoms with Crippen molar-refractivity contribution in [3.8, 4) is 11.5 Å². The number of oxazole rings is 1. The molecule has 0 saturated heterocycles. The molecule has 1 aromatic heterocycles. The second kappa shape index (κ2) is 13.7. The van der Waals surface area contributed by atoms with Crippen LogP contribution in [0.3, 0.4) is 0 Å². The number of nitrogens with two attached hydrogens (primary N) is 1. The van der Waals surface area contributed by atoms with Crippen LogP contribution in [0, 0.1) is 17.5 Å². The van der Waals surface area contributed by atoms with Crippen LogP contribution in [0.4, 0.5) is 13.2 Å². The third-order valence-electron chi connectivity index (χ3n) is 7.12. The highest BCUT2D eigenvalue weighted by atomic mass is 19.1. The van der Waals surface area contributed by atoms with Crippen molar-refractivity contribution in [2.45, 2.75) is 44.9 Å². The number of carbonyl (C=O) groups is 1. The molecule has 0 aliphatic rings. The van der Waals surface area contributed by atoms with Gasteiger partial charge < -0.3 is 20.2 Å². The van der Waals surface area contributed by atoms with Gasteiger partial charge in [-0.25, -0.2) is 18.2 Å². The fourth-order valence-corrected chi connectivity index (χ4v) is 4.91. The number of nitrogens with zero attached hydrogens (tertiary/aromatic N) is 1. The van der Waals surface area contributed by atoms with Crippen molar-refractivity contribution in [1.82, 2.24) is 10.3 Å². The number of esters is 1. The van der Waals surface area contributed by atoms with Gasteiger partial charge in [0.1, 0.15) is 29.1 Å². The lowest BCUT2D eigenvalue weighted by Crippen LogP contribution is -2.46. The lowest BCUT2D eigenvalue weighted by atomic mass is 10.0. The Balaban J connectivity index is 1.27. The van der Waals surface area contributed by atoms with Crippen LogP contribution in [-0.4, -0.2) is 29.6 Å². The maximum absolute atomic E-state index is 13.8. The predicted molar refractivity (Wildman–Crippen MR) is 159 cm³/mol. The lowest BCUT2D eigenvalue weighted by molar-refractivity contribution is -0.149. The minimum atomic E-state index is -0.769. The first kappa shape index (κ1) is 30.0. The van der Waals surface area contributed by atoms with E-state index in [1.165, 1.54) is 29.8 Å². The average molecular weight is 588 g/mol. The van der Waals surface area contributed by atoms with E-state index >= 15 is 0 Å². The molecule has 43 heavy (non-hydrogen) atoms. The Labute approximate surface area is 247 Å². The van der Waals surface area contributed by atoms with Gasteiger partial charge in [0, 0.05) is 30.8 Å². The molecule has 0 amide bonds. The molecule has 0 saturated carbocycles. The number of rotatable bonds is 12. The van der Waals surface area contributed by atoms with Gasteiger partial charge in [-0.15, -0.1) is 0 Å². The minimum absolute atomic E-state index is 0.0506. The molecule has 9 heteroatoms. The van der Waals surface area contributed by atoms with E-state index in [1.807, 2.05) is 12.1 Å². The van der Waals surface area contributed by atoms with Crippen LogP contribution >= 0.6 is 0 Å². The number of aromatic nitrogens is 1. The smallest absolute Gasteiger partial charge is 0.310 e. The summed E-state index contributed by atoms with van der Waals surface area (Å²) in [5.74, 6) is -1.93. The highest BCUT2D eigenvalue weighted by Crippen LogP contribution is 2.25. The standard InChI is InChI=1S/C34H32F3N3O3/c1-2-21-4-3-5-23(12-21)19-39-20-32(29(38)15-24-13-27(36)18-28(37)14-24)42-33(41)17-22-6-11-31-30(16-22)40-34(43-31)25-7-9-26(35)10-8-25/h3-14,16,18,29,32,39H,2,15,17,19-20,38H2,1H3/t29-,32+/m0/s1. The zero-order chi connectivity index (χ0) is 30.3. The maximum atomic E-state index is 13.8. The Bertz CT molecular complexity index is 1680. The van der Waals surface area contributed by atoms with E-state index in [4.69, 9.17) is 14.9 Å². The van der Waals surface area contributed by atoms with Crippen molar-refractivity contribution in [2.75, 3.05) is 6.54 Å². The molecule has 5 aromatic rings. The fourth-order valence-electron chi connectivity index (χ4n) is 4.91. The summed E-state index contributed by atoms with van der Waals surface area (Å²) < 4.78 is 52.5. The summed E-state index contributed by atoms with van der Waals surface area (Å²) in [6, 6.07) is 21.7. The monoisotopic (exact) mass is 587 g/mol. The molecule has 4 aromatic carbocycles. The summed E-state index contributed by atoms with van der Waals surface area (Å²) in [5.41, 5.74) is 11.5. The Kier molecular flexibility index (Phi) is 9.54. The van der Waals surface area contributed by atoms with Gasteiger partial charge in [-0.2, -0.15) is 0 Å². The highest BCUT2D eigenvalue weighted by molar-refractivity contribution is 5.79. The summed E-state index contributed by atoms with van der Waals surface area (Å²) in [6.07, 6.45) is 0.201. The van der Waals surface area contributed by atoms with Gasteiger partial charge in [-0.1, -0.05) is 37.3 Å². The molecule has 3 N–H and O–H groups in total. The predicted octanol–water partition coefficient (Wildman–Crippen LogP) is 6.29. The molecule has 0 unspecified atom stereocenters. The summed E-state index contributed by atoms with van der Waals surface area (Å²) in [4.78, 5) is 17.6. The van der Waals surface area contributed by atoms with Crippen LogP contribution in [-0.2, 0) is 35.3 Å². The third kappa shape index (κ3) is 8.09. The van der Waals surface area contributed by atoms with Crippen molar-refractivity contribution < 1.29 is 27.1 Å². The molecule has 0 fully saturated rings. The van der Waals surface area contributed by atoms with Gasteiger partial charge in [0.25, 0.3) is 0 Å². The van der Waals surface area contributed by atoms with Crippen LogP contribution in [0.1, 0.15) is 29.2 Å². The van der Waals surface area contributed by atoms with E-state index in [2.05, 4.69) is 29.4 Å². The number of hydrogen-bond acceptors (Lipinski definition) is 6. The van der Waals surface area contributed by atoms with Gasteiger partial charge in [-0.05, 0) is 83.6 Å². The van der Waals surface area contributed by atoms with Crippen molar-refractivity contribution >= 4 is 17.1 Å². The summed E-state index contributed by atoms with van der Waals surface area (Å²) in [5, 5.41) is 3.31. The number of nitrogens with one attached hydrogen (secondary N) is 1. The molecule has 5 rings (SSSR count). The van der Waals surface area contributed by atoms with Crippen molar-refractivity contribution in [3.63, 3.8) is 0 Å². The van der Waals surface area contributed by atoms with Crippen LogP contribution in [0.15, 0.2) is 89.3 Å². The molecule has 0 aliphatic heterocycles. The Morgan fingerprint density at radius 1 is 0.884 bits per heavy atom. The van der Waals surface area contributed by atoms with Crippen LogP contribution < -0.4 is 11.1 Å². The van der Waals surface area contributed by atoms with E-state index in [9.17, 15) is 18.0 Å². The molecule has 0 bridgehead atoms. The van der Waals surface area contributed by atoms with E-state index in [0.717, 1.165) is 18.1 Å². The van der Waals surface area contributed by atoms with Gasteiger partial charge in [0.15, 0.2) is 5.58 Å². The SMILES string of the molecule is CCc1cccc(CNC[C@@H](OC(=O)Cc2ccc3oc(-c4ccc(F)cc4)nc3c2)[C@@H](N)Cc2cc(F)cc(F)c2)c1. The van der Waals surface area contributed by atoms with E-state index < -0.39 is 29.7 Å². The Morgan fingerprint density at radius 3 is 2.37 bits per heavy atom. The van der Waals surface area contributed by atoms with Crippen LogP contribution in [0.25, 0.3) is 22.6 Å². The lowest BCUT2D eigenvalue weighted by Gasteiger charge is -2.25. The van der Waals surface area contributed by atoms with Crippen molar-refractivity contribution in [3.05, 3.63) is 125 Å². The number of hydrogen-bond donors (Lipinski definition) is 2. The molecule has 0 aliphatic carbocycles. The molecule has 0 spiro atoms. The molecule has 222 valence electrons. The van der Waals surface area contributed by atoms with Crippen LogP contribution in [0.5, 0.6) is 0 Å².